The molecule has 9 heteroatoms. The van der Waals surface area contributed by atoms with Gasteiger partial charge in [0.15, 0.2) is 0 Å². The van der Waals surface area contributed by atoms with Crippen molar-refractivity contribution in [3.8, 4) is 0 Å². The first-order chi connectivity index (χ1) is 12.3. The third-order valence-electron chi connectivity index (χ3n) is 3.30. The van der Waals surface area contributed by atoms with Crippen molar-refractivity contribution in [1.29, 1.82) is 0 Å². The predicted octanol–water partition coefficient (Wildman–Crippen LogP) is 0.776. The second kappa shape index (κ2) is 11.5. The summed E-state index contributed by atoms with van der Waals surface area (Å²) in [5.74, 6) is -2.12. The molecule has 0 radical (unpaired) electrons. The molecule has 1 rings (SSSR count). The fraction of sp³-hybridized carbons (Fsp3) is 0.765. The minimum Gasteiger partial charge on any atom is -0.465 e. The van der Waals surface area contributed by atoms with Crippen molar-refractivity contribution in [3.63, 3.8) is 0 Å². The molecule has 0 spiro atoms. The first-order valence-electron chi connectivity index (χ1n) is 8.49. The predicted molar refractivity (Wildman–Crippen MR) is 86.9 cm³/mol. The Balaban J connectivity index is 2.52. The van der Waals surface area contributed by atoms with Crippen molar-refractivity contribution in [2.24, 2.45) is 5.41 Å². The van der Waals surface area contributed by atoms with Gasteiger partial charge in [0.05, 0.1) is 52.1 Å². The van der Waals surface area contributed by atoms with Crippen molar-refractivity contribution in [2.75, 3.05) is 39.6 Å². The molecule has 0 aromatic rings. The Bertz CT molecular complexity index is 456. The van der Waals surface area contributed by atoms with Crippen molar-refractivity contribution in [2.45, 2.75) is 39.5 Å². The summed E-state index contributed by atoms with van der Waals surface area (Å²) in [6.07, 6.45) is -0.366. The lowest BCUT2D eigenvalue weighted by atomic mass is 9.96. The van der Waals surface area contributed by atoms with Crippen LogP contribution in [0.4, 0.5) is 0 Å². The third kappa shape index (κ3) is 10.7. The molecule has 0 atom stereocenters. The van der Waals surface area contributed by atoms with Crippen LogP contribution in [0.2, 0.25) is 0 Å². The van der Waals surface area contributed by atoms with Crippen LogP contribution < -0.4 is 0 Å². The van der Waals surface area contributed by atoms with Gasteiger partial charge in [0.1, 0.15) is 13.2 Å². The van der Waals surface area contributed by atoms with E-state index in [4.69, 9.17) is 23.7 Å². The van der Waals surface area contributed by atoms with Gasteiger partial charge < -0.3 is 23.7 Å². The van der Waals surface area contributed by atoms with Crippen LogP contribution in [0.25, 0.3) is 0 Å². The zero-order valence-electron chi connectivity index (χ0n) is 15.2. The van der Waals surface area contributed by atoms with Gasteiger partial charge in [-0.1, -0.05) is 13.8 Å². The number of hydrogen-bond acceptors (Lipinski definition) is 9. The van der Waals surface area contributed by atoms with Crippen molar-refractivity contribution in [1.82, 2.24) is 0 Å². The second-order valence-corrected chi connectivity index (χ2v) is 6.54. The number of ether oxygens (including phenoxy) is 5. The average Bonchev–Trinajstić information content (AvgIpc) is 2.60. The molecular weight excluding hydrogens is 348 g/mol. The molecule has 1 fully saturated rings. The molecule has 9 nitrogen and oxygen atoms in total. The molecule has 0 aromatic heterocycles. The normalized spacial score (nSPS) is 22.4. The molecule has 1 aliphatic heterocycles. The SMILES string of the molecule is CC1(C)COC(=O)CCC(=O)OCCOCCOC(=O)CCC(=O)OC1. The fourth-order valence-corrected chi connectivity index (χ4v) is 1.82. The molecule has 0 N–H and O–H groups in total. The Labute approximate surface area is 152 Å². The summed E-state index contributed by atoms with van der Waals surface area (Å²) in [6.45, 7) is 3.97. The summed E-state index contributed by atoms with van der Waals surface area (Å²) in [5.41, 5.74) is -0.593. The van der Waals surface area contributed by atoms with E-state index in [2.05, 4.69) is 0 Å². The van der Waals surface area contributed by atoms with E-state index in [-0.39, 0.29) is 65.3 Å². The lowest BCUT2D eigenvalue weighted by Crippen LogP contribution is -2.29. The molecule has 0 saturated carbocycles. The summed E-state index contributed by atoms with van der Waals surface area (Å²) in [7, 11) is 0. The van der Waals surface area contributed by atoms with Crippen molar-refractivity contribution >= 4 is 23.9 Å². The quantitative estimate of drug-likeness (QED) is 0.448. The first kappa shape index (κ1) is 21.9. The van der Waals surface area contributed by atoms with Gasteiger partial charge in [-0.3, -0.25) is 19.2 Å². The number of rotatable bonds is 0. The molecule has 1 heterocycles. The number of esters is 4. The van der Waals surface area contributed by atoms with E-state index in [0.29, 0.717) is 0 Å². The van der Waals surface area contributed by atoms with Crippen LogP contribution >= 0.6 is 0 Å². The Hall–Kier alpha value is -2.16. The van der Waals surface area contributed by atoms with Gasteiger partial charge in [0.25, 0.3) is 0 Å². The summed E-state index contributed by atoms with van der Waals surface area (Å²) < 4.78 is 25.2. The zero-order chi connectivity index (χ0) is 19.4. The Morgan fingerprint density at radius 2 is 0.923 bits per heavy atom. The second-order valence-electron chi connectivity index (χ2n) is 6.54. The van der Waals surface area contributed by atoms with Gasteiger partial charge in [-0.15, -0.1) is 0 Å². The molecule has 0 aliphatic carbocycles. The highest BCUT2D eigenvalue weighted by Crippen LogP contribution is 2.17. The fourth-order valence-electron chi connectivity index (χ4n) is 1.82. The lowest BCUT2D eigenvalue weighted by molar-refractivity contribution is -0.157. The molecule has 26 heavy (non-hydrogen) atoms. The molecule has 0 bridgehead atoms. The zero-order valence-corrected chi connectivity index (χ0v) is 15.2. The highest BCUT2D eigenvalue weighted by atomic mass is 16.6. The van der Waals surface area contributed by atoms with E-state index in [1.165, 1.54) is 0 Å². The lowest BCUT2D eigenvalue weighted by Gasteiger charge is -2.23. The minimum absolute atomic E-state index is 0.0318. The van der Waals surface area contributed by atoms with Gasteiger partial charge in [-0.2, -0.15) is 0 Å². The number of carbonyl (C=O) groups excluding carboxylic acids is 4. The van der Waals surface area contributed by atoms with Gasteiger partial charge in [0.2, 0.25) is 0 Å². The van der Waals surface area contributed by atoms with Crippen LogP contribution in [0.3, 0.4) is 0 Å². The Morgan fingerprint density at radius 1 is 0.577 bits per heavy atom. The van der Waals surface area contributed by atoms with E-state index >= 15 is 0 Å². The van der Waals surface area contributed by atoms with E-state index in [1.54, 1.807) is 13.8 Å². The van der Waals surface area contributed by atoms with E-state index in [1.807, 2.05) is 0 Å². The van der Waals surface area contributed by atoms with Crippen molar-refractivity contribution in [3.05, 3.63) is 0 Å². The number of cyclic esters (lactones) is 4. The first-order valence-corrected chi connectivity index (χ1v) is 8.49. The number of hydrogen-bond donors (Lipinski definition) is 0. The van der Waals surface area contributed by atoms with Crippen LogP contribution in [-0.2, 0) is 42.9 Å². The Morgan fingerprint density at radius 3 is 1.31 bits per heavy atom. The maximum Gasteiger partial charge on any atom is 0.306 e. The van der Waals surface area contributed by atoms with Crippen LogP contribution in [0.1, 0.15) is 39.5 Å². The summed E-state index contributed by atoms with van der Waals surface area (Å²) >= 11 is 0. The average molecular weight is 374 g/mol. The van der Waals surface area contributed by atoms with E-state index < -0.39 is 29.3 Å². The van der Waals surface area contributed by atoms with Crippen LogP contribution in [0.5, 0.6) is 0 Å². The van der Waals surface area contributed by atoms with E-state index in [0.717, 1.165) is 0 Å². The van der Waals surface area contributed by atoms with Crippen LogP contribution in [0.15, 0.2) is 0 Å². The highest BCUT2D eigenvalue weighted by Gasteiger charge is 2.23. The summed E-state index contributed by atoms with van der Waals surface area (Å²) in [6, 6.07) is 0. The Kier molecular flexibility index (Phi) is 9.64. The van der Waals surface area contributed by atoms with Crippen LogP contribution in [-0.4, -0.2) is 63.5 Å². The van der Waals surface area contributed by atoms with Gasteiger partial charge in [0, 0.05) is 5.41 Å². The van der Waals surface area contributed by atoms with Gasteiger partial charge >= 0.3 is 23.9 Å². The molecule has 1 aliphatic rings. The molecule has 0 aromatic carbocycles. The molecule has 1 saturated heterocycles. The molecular formula is C17H26O9. The smallest absolute Gasteiger partial charge is 0.306 e. The molecule has 148 valence electrons. The largest absolute Gasteiger partial charge is 0.465 e. The standard InChI is InChI=1S/C17H26O9/c1-17(2)11-25-15(20)5-3-13(18)23-9-7-22-8-10-24-14(19)4-6-16(21)26-12-17/h3-12H2,1-2H3. The van der Waals surface area contributed by atoms with Crippen molar-refractivity contribution < 1.29 is 42.9 Å². The summed E-state index contributed by atoms with van der Waals surface area (Å²) in [5, 5.41) is 0. The topological polar surface area (TPSA) is 114 Å². The minimum atomic E-state index is -0.593. The summed E-state index contributed by atoms with van der Waals surface area (Å²) in [4.78, 5) is 46.4. The monoisotopic (exact) mass is 374 g/mol. The van der Waals surface area contributed by atoms with Gasteiger partial charge in [-0.05, 0) is 0 Å². The third-order valence-corrected chi connectivity index (χ3v) is 3.30. The van der Waals surface area contributed by atoms with E-state index in [9.17, 15) is 19.2 Å². The highest BCUT2D eigenvalue weighted by molar-refractivity contribution is 5.78. The van der Waals surface area contributed by atoms with Gasteiger partial charge in [-0.25, -0.2) is 0 Å². The maximum atomic E-state index is 11.7. The molecule has 0 amide bonds. The molecule has 0 unspecified atom stereocenters. The number of carbonyl (C=O) groups is 4. The maximum absolute atomic E-state index is 11.7. The van der Waals surface area contributed by atoms with Crippen LogP contribution in [0, 0.1) is 5.41 Å².